The van der Waals surface area contributed by atoms with Gasteiger partial charge in [-0.3, -0.25) is 9.48 Å². The smallest absolute Gasteiger partial charge is 0.186 e. The fraction of sp³-hybridized carbons (Fsp3) is 0.500. The van der Waals surface area contributed by atoms with E-state index in [0.29, 0.717) is 18.0 Å². The second-order valence-corrected chi connectivity index (χ2v) is 6.22. The van der Waals surface area contributed by atoms with Gasteiger partial charge in [-0.25, -0.2) is 0 Å². The van der Waals surface area contributed by atoms with Crippen molar-refractivity contribution in [2.24, 2.45) is 5.92 Å². The van der Waals surface area contributed by atoms with Gasteiger partial charge in [0.25, 0.3) is 0 Å². The van der Waals surface area contributed by atoms with E-state index >= 15 is 0 Å². The minimum Gasteiger partial charge on any atom is -0.497 e. The van der Waals surface area contributed by atoms with Gasteiger partial charge in [0, 0.05) is 11.3 Å². The number of nitrogens with zero attached hydrogens (tertiary/aromatic N) is 2. The number of Topliss-reactive ketones (excluding diaryl/α,β-unsaturated/α-hetero) is 1. The summed E-state index contributed by atoms with van der Waals surface area (Å²) in [5, 5.41) is 15.2. The van der Waals surface area contributed by atoms with Crippen LogP contribution >= 0.6 is 0 Å². The van der Waals surface area contributed by atoms with E-state index in [9.17, 15) is 9.90 Å². The second-order valence-electron chi connectivity index (χ2n) is 6.22. The molecule has 0 unspecified atom stereocenters. The molecule has 1 aromatic heterocycles. The maximum Gasteiger partial charge on any atom is 0.186 e. The minimum absolute atomic E-state index is 0.0113. The number of fused-ring (bicyclic) bond motifs is 1. The zero-order chi connectivity index (χ0) is 15.8. The number of methoxy groups -OCH3 is 1. The normalized spacial score (nSPS) is 12.1. The van der Waals surface area contributed by atoms with E-state index in [4.69, 9.17) is 4.74 Å². The Labute approximate surface area is 124 Å². The highest BCUT2D eigenvalue weighted by Gasteiger charge is 2.23. The van der Waals surface area contributed by atoms with E-state index in [-0.39, 0.29) is 11.7 Å². The molecule has 0 bridgehead atoms. The van der Waals surface area contributed by atoms with Crippen LogP contribution in [0.2, 0.25) is 0 Å². The number of aromatic nitrogens is 2. The third kappa shape index (κ3) is 3.24. The van der Waals surface area contributed by atoms with Gasteiger partial charge in [-0.2, -0.15) is 5.10 Å². The van der Waals surface area contributed by atoms with Gasteiger partial charge in [0.1, 0.15) is 11.4 Å². The Morgan fingerprint density at radius 2 is 2.10 bits per heavy atom. The van der Waals surface area contributed by atoms with E-state index in [1.807, 2.05) is 32.0 Å². The number of hydrogen-bond acceptors (Lipinski definition) is 4. The Morgan fingerprint density at radius 3 is 2.62 bits per heavy atom. The summed E-state index contributed by atoms with van der Waals surface area (Å²) in [6.45, 7) is 7.45. The monoisotopic (exact) mass is 290 g/mol. The highest BCUT2D eigenvalue weighted by Crippen LogP contribution is 2.26. The van der Waals surface area contributed by atoms with Crippen molar-refractivity contribution in [3.8, 4) is 5.75 Å². The van der Waals surface area contributed by atoms with Crippen LogP contribution < -0.4 is 4.74 Å². The Morgan fingerprint density at radius 1 is 1.43 bits per heavy atom. The summed E-state index contributed by atoms with van der Waals surface area (Å²) in [6.07, 6.45) is 0. The number of benzene rings is 1. The Hall–Kier alpha value is -1.88. The molecule has 0 fully saturated rings. The average molecular weight is 290 g/mol. The lowest BCUT2D eigenvalue weighted by molar-refractivity contribution is 0.0587. The molecule has 0 atom stereocenters. The molecule has 0 aliphatic heterocycles. The Balaban J connectivity index is 2.64. The van der Waals surface area contributed by atoms with E-state index in [1.165, 1.54) is 0 Å². The molecule has 0 amide bonds. The predicted octanol–water partition coefficient (Wildman–Crippen LogP) is 2.65. The summed E-state index contributed by atoms with van der Waals surface area (Å²) >= 11 is 0. The summed E-state index contributed by atoms with van der Waals surface area (Å²) < 4.78 is 6.91. The number of ether oxygens (including phenoxy) is 1. The molecule has 1 aromatic carbocycles. The van der Waals surface area contributed by atoms with Crippen molar-refractivity contribution in [1.82, 2.24) is 9.78 Å². The lowest BCUT2D eigenvalue weighted by atomic mass is 10.0. The molecular weight excluding hydrogens is 268 g/mol. The van der Waals surface area contributed by atoms with Crippen molar-refractivity contribution in [2.45, 2.75) is 39.8 Å². The third-order valence-electron chi connectivity index (χ3n) is 3.25. The SMILES string of the molecule is COc1ccc2c(c1)c(C(=O)C(C)C)nn2CC(C)(C)O. The lowest BCUT2D eigenvalue weighted by Crippen LogP contribution is -2.26. The van der Waals surface area contributed by atoms with Gasteiger partial charge in [-0.1, -0.05) is 13.8 Å². The summed E-state index contributed by atoms with van der Waals surface area (Å²) in [6, 6.07) is 5.51. The maximum absolute atomic E-state index is 12.4. The average Bonchev–Trinajstić information content (AvgIpc) is 2.73. The predicted molar refractivity (Wildman–Crippen MR) is 81.8 cm³/mol. The molecule has 0 saturated heterocycles. The van der Waals surface area contributed by atoms with E-state index < -0.39 is 5.60 Å². The van der Waals surface area contributed by atoms with Crippen LogP contribution in [0.3, 0.4) is 0 Å². The van der Waals surface area contributed by atoms with E-state index in [0.717, 1.165) is 10.9 Å². The molecule has 2 aromatic rings. The van der Waals surface area contributed by atoms with Crippen LogP contribution in [-0.2, 0) is 6.54 Å². The van der Waals surface area contributed by atoms with Crippen LogP contribution in [0.1, 0.15) is 38.2 Å². The molecule has 1 heterocycles. The molecule has 5 nitrogen and oxygen atoms in total. The molecule has 0 spiro atoms. The van der Waals surface area contributed by atoms with Crippen molar-refractivity contribution in [2.75, 3.05) is 7.11 Å². The largest absolute Gasteiger partial charge is 0.497 e. The summed E-state index contributed by atoms with van der Waals surface area (Å²) in [5.41, 5.74) is 0.349. The van der Waals surface area contributed by atoms with E-state index in [2.05, 4.69) is 5.10 Å². The van der Waals surface area contributed by atoms with Crippen LogP contribution in [0.15, 0.2) is 18.2 Å². The zero-order valence-corrected chi connectivity index (χ0v) is 13.2. The van der Waals surface area contributed by atoms with Gasteiger partial charge in [0.2, 0.25) is 0 Å². The highest BCUT2D eigenvalue weighted by atomic mass is 16.5. The molecule has 5 heteroatoms. The van der Waals surface area contributed by atoms with Crippen molar-refractivity contribution in [1.29, 1.82) is 0 Å². The van der Waals surface area contributed by atoms with Gasteiger partial charge in [0.15, 0.2) is 5.78 Å². The van der Waals surface area contributed by atoms with Crippen LogP contribution in [-0.4, -0.2) is 33.4 Å². The Kier molecular flexibility index (Phi) is 4.05. The van der Waals surface area contributed by atoms with Crippen LogP contribution in [0, 0.1) is 5.92 Å². The lowest BCUT2D eigenvalue weighted by Gasteiger charge is -2.17. The molecule has 114 valence electrons. The minimum atomic E-state index is -0.906. The zero-order valence-electron chi connectivity index (χ0n) is 13.2. The molecule has 0 saturated carbocycles. The quantitative estimate of drug-likeness (QED) is 0.860. The van der Waals surface area contributed by atoms with Crippen molar-refractivity contribution in [3.05, 3.63) is 23.9 Å². The van der Waals surface area contributed by atoms with Crippen molar-refractivity contribution in [3.63, 3.8) is 0 Å². The number of aliphatic hydroxyl groups is 1. The van der Waals surface area contributed by atoms with Crippen LogP contribution in [0.5, 0.6) is 5.75 Å². The highest BCUT2D eigenvalue weighted by molar-refractivity contribution is 6.07. The fourth-order valence-corrected chi connectivity index (χ4v) is 2.23. The van der Waals surface area contributed by atoms with Crippen LogP contribution in [0.4, 0.5) is 0 Å². The first-order valence-electron chi connectivity index (χ1n) is 7.04. The van der Waals surface area contributed by atoms with Gasteiger partial charge in [0.05, 0.1) is 24.8 Å². The first kappa shape index (κ1) is 15.5. The molecule has 21 heavy (non-hydrogen) atoms. The van der Waals surface area contributed by atoms with Gasteiger partial charge < -0.3 is 9.84 Å². The summed E-state index contributed by atoms with van der Waals surface area (Å²) in [4.78, 5) is 12.4. The molecule has 0 radical (unpaired) electrons. The number of hydrogen-bond donors (Lipinski definition) is 1. The Bertz CT molecular complexity index is 666. The molecule has 1 N–H and O–H groups in total. The summed E-state index contributed by atoms with van der Waals surface area (Å²) in [7, 11) is 1.59. The molecule has 0 aliphatic rings. The number of ketones is 1. The number of rotatable bonds is 5. The second kappa shape index (κ2) is 5.48. The van der Waals surface area contributed by atoms with E-state index in [1.54, 1.807) is 25.6 Å². The van der Waals surface area contributed by atoms with Gasteiger partial charge >= 0.3 is 0 Å². The third-order valence-corrected chi connectivity index (χ3v) is 3.25. The summed E-state index contributed by atoms with van der Waals surface area (Å²) in [5.74, 6) is 0.538. The number of carbonyl (C=O) groups excluding carboxylic acids is 1. The van der Waals surface area contributed by atoms with Gasteiger partial charge in [-0.05, 0) is 32.0 Å². The molecule has 0 aliphatic carbocycles. The topological polar surface area (TPSA) is 64.3 Å². The first-order valence-corrected chi connectivity index (χ1v) is 7.04. The molecular formula is C16H22N2O3. The standard InChI is InChI=1S/C16H22N2O3/c1-10(2)15(19)14-12-8-11(21-5)6-7-13(12)18(17-14)9-16(3,4)20/h6-8,10,20H,9H2,1-5H3. The first-order chi connectivity index (χ1) is 9.73. The molecule has 2 rings (SSSR count). The number of carbonyl (C=O) groups is 1. The van der Waals surface area contributed by atoms with Gasteiger partial charge in [-0.15, -0.1) is 0 Å². The van der Waals surface area contributed by atoms with Crippen molar-refractivity contribution < 1.29 is 14.6 Å². The maximum atomic E-state index is 12.4. The van der Waals surface area contributed by atoms with Crippen LogP contribution in [0.25, 0.3) is 10.9 Å². The van der Waals surface area contributed by atoms with Crippen molar-refractivity contribution >= 4 is 16.7 Å². The fourth-order valence-electron chi connectivity index (χ4n) is 2.23.